The van der Waals surface area contributed by atoms with Crippen molar-refractivity contribution in [3.05, 3.63) is 33.8 Å². The summed E-state index contributed by atoms with van der Waals surface area (Å²) in [7, 11) is 0. The number of amides is 1. The van der Waals surface area contributed by atoms with Crippen LogP contribution >= 0.6 is 23.2 Å². The molecule has 2 N–H and O–H groups in total. The average Bonchev–Trinajstić information content (AvgIpc) is 2.20. The van der Waals surface area contributed by atoms with Crippen LogP contribution in [0.5, 0.6) is 0 Å². The van der Waals surface area contributed by atoms with Gasteiger partial charge in [0.05, 0.1) is 0 Å². The molecule has 1 heterocycles. The summed E-state index contributed by atoms with van der Waals surface area (Å²) in [5.74, 6) is -0.0868. The van der Waals surface area contributed by atoms with Crippen molar-refractivity contribution in [1.29, 1.82) is 0 Å². The van der Waals surface area contributed by atoms with E-state index in [1.165, 1.54) is 0 Å². The van der Waals surface area contributed by atoms with E-state index in [4.69, 9.17) is 23.2 Å². The number of rotatable bonds is 1. The van der Waals surface area contributed by atoms with Crippen molar-refractivity contribution in [2.24, 2.45) is 0 Å². The van der Waals surface area contributed by atoms with Gasteiger partial charge >= 0.3 is 0 Å². The number of benzene rings is 1. The Morgan fingerprint density at radius 2 is 1.87 bits per heavy atom. The smallest absolute Gasteiger partial charge is 0.241 e. The van der Waals surface area contributed by atoms with E-state index in [9.17, 15) is 4.79 Å². The quantitative estimate of drug-likeness (QED) is 0.791. The van der Waals surface area contributed by atoms with Crippen LogP contribution in [0.4, 0.5) is 0 Å². The maximum atomic E-state index is 11.6. The van der Waals surface area contributed by atoms with Crippen LogP contribution in [-0.2, 0) is 4.79 Å². The Hall–Kier alpha value is -0.770. The van der Waals surface area contributed by atoms with E-state index in [1.54, 1.807) is 18.2 Å². The first kappa shape index (κ1) is 10.7. The first-order valence-corrected chi connectivity index (χ1v) is 5.41. The van der Waals surface area contributed by atoms with Crippen LogP contribution in [0.1, 0.15) is 11.6 Å². The van der Waals surface area contributed by atoms with Gasteiger partial charge in [-0.05, 0) is 12.1 Å². The lowest BCUT2D eigenvalue weighted by Crippen LogP contribution is -2.47. The van der Waals surface area contributed by atoms with Gasteiger partial charge in [0, 0.05) is 28.7 Å². The van der Waals surface area contributed by atoms with Crippen LogP contribution in [0, 0.1) is 0 Å². The third kappa shape index (κ3) is 2.09. The Bertz CT molecular complexity index is 375. The third-order valence-electron chi connectivity index (χ3n) is 2.32. The second kappa shape index (κ2) is 4.39. The van der Waals surface area contributed by atoms with Crippen LogP contribution in [0.2, 0.25) is 10.0 Å². The summed E-state index contributed by atoms with van der Waals surface area (Å²) in [5.41, 5.74) is 0.651. The minimum Gasteiger partial charge on any atom is -0.353 e. The molecule has 1 aliphatic rings. The van der Waals surface area contributed by atoms with E-state index >= 15 is 0 Å². The lowest BCUT2D eigenvalue weighted by Gasteiger charge is -2.25. The summed E-state index contributed by atoms with van der Waals surface area (Å²) in [6, 6.07) is 4.77. The standard InChI is InChI=1S/C10H10Cl2N2O/c11-6-2-1-3-7(12)8(6)9-10(15)14-5-4-13-9/h1-3,9,13H,4-5H2,(H,14,15). The zero-order valence-corrected chi connectivity index (χ0v) is 9.40. The van der Waals surface area contributed by atoms with Gasteiger partial charge in [-0.1, -0.05) is 29.3 Å². The molecule has 15 heavy (non-hydrogen) atoms. The van der Waals surface area contributed by atoms with Crippen molar-refractivity contribution in [2.75, 3.05) is 13.1 Å². The number of halogens is 2. The van der Waals surface area contributed by atoms with E-state index in [1.807, 2.05) is 0 Å². The van der Waals surface area contributed by atoms with Crippen molar-refractivity contribution in [3.8, 4) is 0 Å². The van der Waals surface area contributed by atoms with Gasteiger partial charge in [-0.3, -0.25) is 4.79 Å². The van der Waals surface area contributed by atoms with Crippen molar-refractivity contribution in [2.45, 2.75) is 6.04 Å². The topological polar surface area (TPSA) is 41.1 Å². The monoisotopic (exact) mass is 244 g/mol. The zero-order valence-electron chi connectivity index (χ0n) is 7.89. The van der Waals surface area contributed by atoms with Gasteiger partial charge in [0.2, 0.25) is 5.91 Å². The van der Waals surface area contributed by atoms with Crippen LogP contribution in [0.25, 0.3) is 0 Å². The minimum atomic E-state index is -0.444. The molecule has 0 aliphatic carbocycles. The van der Waals surface area contributed by atoms with Gasteiger partial charge in [0.1, 0.15) is 6.04 Å². The number of carbonyl (C=O) groups is 1. The molecule has 0 aromatic heterocycles. The van der Waals surface area contributed by atoms with Gasteiger partial charge in [-0.15, -0.1) is 0 Å². The zero-order chi connectivity index (χ0) is 10.8. The highest BCUT2D eigenvalue weighted by atomic mass is 35.5. The van der Waals surface area contributed by atoms with Crippen molar-refractivity contribution in [1.82, 2.24) is 10.6 Å². The lowest BCUT2D eigenvalue weighted by atomic mass is 10.0. The van der Waals surface area contributed by atoms with Gasteiger partial charge in [0.15, 0.2) is 0 Å². The molecule has 80 valence electrons. The van der Waals surface area contributed by atoms with E-state index in [0.717, 1.165) is 6.54 Å². The molecule has 1 aliphatic heterocycles. The van der Waals surface area contributed by atoms with Gasteiger partial charge in [0.25, 0.3) is 0 Å². The molecular weight excluding hydrogens is 235 g/mol. The fraction of sp³-hybridized carbons (Fsp3) is 0.300. The van der Waals surface area contributed by atoms with Crippen LogP contribution in [0.15, 0.2) is 18.2 Å². The molecule has 1 unspecified atom stereocenters. The summed E-state index contributed by atoms with van der Waals surface area (Å²) in [6.45, 7) is 1.36. The average molecular weight is 245 g/mol. The predicted molar refractivity (Wildman–Crippen MR) is 60.2 cm³/mol. The molecule has 0 bridgehead atoms. The molecule has 2 rings (SSSR count). The highest BCUT2D eigenvalue weighted by molar-refractivity contribution is 6.36. The molecule has 1 saturated heterocycles. The molecule has 1 fully saturated rings. The number of carbonyl (C=O) groups excluding carboxylic acids is 1. The molecule has 3 nitrogen and oxygen atoms in total. The van der Waals surface area contributed by atoms with Gasteiger partial charge in [-0.2, -0.15) is 0 Å². The number of piperazine rings is 1. The van der Waals surface area contributed by atoms with Crippen LogP contribution in [0.3, 0.4) is 0 Å². The summed E-state index contributed by atoms with van der Waals surface area (Å²) in [5, 5.41) is 6.87. The molecular formula is C10H10Cl2N2O. The molecule has 0 radical (unpaired) electrons. The van der Waals surface area contributed by atoms with E-state index in [0.29, 0.717) is 22.2 Å². The van der Waals surface area contributed by atoms with E-state index in [2.05, 4.69) is 10.6 Å². The highest BCUT2D eigenvalue weighted by Crippen LogP contribution is 2.30. The summed E-state index contributed by atoms with van der Waals surface area (Å²) in [6.07, 6.45) is 0. The molecule has 5 heteroatoms. The Morgan fingerprint density at radius 1 is 1.20 bits per heavy atom. The van der Waals surface area contributed by atoms with Crippen molar-refractivity contribution >= 4 is 29.1 Å². The van der Waals surface area contributed by atoms with Crippen LogP contribution in [-0.4, -0.2) is 19.0 Å². The highest BCUT2D eigenvalue weighted by Gasteiger charge is 2.26. The number of hydrogen-bond acceptors (Lipinski definition) is 2. The Kier molecular flexibility index (Phi) is 3.14. The molecule has 0 saturated carbocycles. The SMILES string of the molecule is O=C1NCCNC1c1c(Cl)cccc1Cl. The molecule has 1 aromatic carbocycles. The fourth-order valence-electron chi connectivity index (χ4n) is 1.62. The second-order valence-electron chi connectivity index (χ2n) is 3.31. The Balaban J connectivity index is 2.39. The maximum Gasteiger partial charge on any atom is 0.241 e. The van der Waals surface area contributed by atoms with E-state index < -0.39 is 6.04 Å². The molecule has 0 spiro atoms. The van der Waals surface area contributed by atoms with E-state index in [-0.39, 0.29) is 5.91 Å². The lowest BCUT2D eigenvalue weighted by molar-refractivity contribution is -0.124. The maximum absolute atomic E-state index is 11.6. The summed E-state index contributed by atoms with van der Waals surface area (Å²) >= 11 is 12.0. The number of hydrogen-bond donors (Lipinski definition) is 2. The molecule has 1 atom stereocenters. The number of nitrogens with one attached hydrogen (secondary N) is 2. The first-order valence-electron chi connectivity index (χ1n) is 4.65. The minimum absolute atomic E-state index is 0.0868. The second-order valence-corrected chi connectivity index (χ2v) is 4.13. The van der Waals surface area contributed by atoms with Crippen molar-refractivity contribution < 1.29 is 4.79 Å². The van der Waals surface area contributed by atoms with Gasteiger partial charge < -0.3 is 10.6 Å². The predicted octanol–water partition coefficient (Wildman–Crippen LogP) is 1.75. The summed E-state index contributed by atoms with van der Waals surface area (Å²) < 4.78 is 0. The fourth-order valence-corrected chi connectivity index (χ4v) is 2.23. The first-order chi connectivity index (χ1) is 7.20. The molecule has 1 amide bonds. The molecule has 1 aromatic rings. The van der Waals surface area contributed by atoms with Gasteiger partial charge in [-0.25, -0.2) is 0 Å². The largest absolute Gasteiger partial charge is 0.353 e. The van der Waals surface area contributed by atoms with Crippen molar-refractivity contribution in [3.63, 3.8) is 0 Å². The Morgan fingerprint density at radius 3 is 2.47 bits per heavy atom. The normalized spacial score (nSPS) is 21.2. The Labute approximate surface area is 97.8 Å². The third-order valence-corrected chi connectivity index (χ3v) is 2.98. The summed E-state index contributed by atoms with van der Waals surface area (Å²) in [4.78, 5) is 11.6. The van der Waals surface area contributed by atoms with Crippen LogP contribution < -0.4 is 10.6 Å².